The number of ether oxygens (including phenoxy) is 1. The van der Waals surface area contributed by atoms with Crippen LogP contribution in [0.5, 0.6) is 0 Å². The Morgan fingerprint density at radius 1 is 1.16 bits per heavy atom. The highest BCUT2D eigenvalue weighted by atomic mass is 35.5. The van der Waals surface area contributed by atoms with Crippen molar-refractivity contribution in [1.29, 1.82) is 0 Å². The van der Waals surface area contributed by atoms with Crippen LogP contribution in [0.3, 0.4) is 0 Å². The minimum Gasteiger partial charge on any atom is -0.481 e. The number of carbonyl (C=O) groups is 2. The topological polar surface area (TPSA) is 66.8 Å². The van der Waals surface area contributed by atoms with Gasteiger partial charge in [0.2, 0.25) is 5.91 Å². The second-order valence-electron chi connectivity index (χ2n) is 9.08. The van der Waals surface area contributed by atoms with E-state index < -0.39 is 11.4 Å². The van der Waals surface area contributed by atoms with Gasteiger partial charge in [-0.25, -0.2) is 0 Å². The van der Waals surface area contributed by atoms with E-state index in [4.69, 9.17) is 27.9 Å². The molecule has 2 saturated heterocycles. The van der Waals surface area contributed by atoms with Gasteiger partial charge in [0, 0.05) is 22.6 Å². The molecule has 2 aliphatic heterocycles. The van der Waals surface area contributed by atoms with Crippen molar-refractivity contribution in [3.63, 3.8) is 0 Å². The lowest BCUT2D eigenvalue weighted by molar-refractivity contribution is -0.163. The number of aliphatic carboxylic acids is 1. The zero-order chi connectivity index (χ0) is 22.9. The van der Waals surface area contributed by atoms with Crippen molar-refractivity contribution in [1.82, 2.24) is 4.90 Å². The molecule has 0 radical (unpaired) electrons. The summed E-state index contributed by atoms with van der Waals surface area (Å²) in [6.45, 7) is 2.89. The van der Waals surface area contributed by atoms with Crippen molar-refractivity contribution >= 4 is 35.1 Å². The second-order valence-corrected chi connectivity index (χ2v) is 9.95. The number of carbonyl (C=O) groups excluding carboxylic acids is 1. The van der Waals surface area contributed by atoms with Gasteiger partial charge >= 0.3 is 5.97 Å². The zero-order valence-electron chi connectivity index (χ0n) is 18.0. The molecule has 2 fully saturated rings. The Morgan fingerprint density at radius 2 is 1.91 bits per heavy atom. The van der Waals surface area contributed by atoms with Crippen LogP contribution in [0.25, 0.3) is 0 Å². The third kappa shape index (κ3) is 4.66. The lowest BCUT2D eigenvalue weighted by atomic mass is 9.67. The molecule has 0 spiro atoms. The third-order valence-electron chi connectivity index (χ3n) is 6.66. The van der Waals surface area contributed by atoms with Gasteiger partial charge < -0.3 is 14.7 Å². The van der Waals surface area contributed by atoms with Gasteiger partial charge in [-0.15, -0.1) is 0 Å². The molecule has 5 nitrogen and oxygen atoms in total. The van der Waals surface area contributed by atoms with Gasteiger partial charge in [-0.05, 0) is 54.7 Å². The number of amides is 1. The molecule has 2 aliphatic rings. The average Bonchev–Trinajstić information content (AvgIpc) is 2.76. The first-order valence-electron chi connectivity index (χ1n) is 10.9. The minimum atomic E-state index is -1.03. The maximum absolute atomic E-state index is 13.9. The summed E-state index contributed by atoms with van der Waals surface area (Å²) in [5, 5.41) is 10.9. The quantitative estimate of drug-likeness (QED) is 0.600. The van der Waals surface area contributed by atoms with E-state index in [-0.39, 0.29) is 30.3 Å². The number of piperidine rings is 1. The highest BCUT2D eigenvalue weighted by Gasteiger charge is 2.52. The van der Waals surface area contributed by atoms with Gasteiger partial charge in [0.15, 0.2) is 0 Å². The Balaban J connectivity index is 1.87. The summed E-state index contributed by atoms with van der Waals surface area (Å²) in [5.74, 6) is -1.23. The SMILES string of the molecule is C[C@@]1(CC(=O)O)C[C@H](c2cccc(Cl)c2)[C@@H](c2ccc(Cl)cc2)N([C@@H]2CCCOC2)C1=O. The van der Waals surface area contributed by atoms with E-state index in [1.807, 2.05) is 53.4 Å². The van der Waals surface area contributed by atoms with E-state index in [9.17, 15) is 14.7 Å². The normalized spacial score (nSPS) is 28.5. The highest BCUT2D eigenvalue weighted by molar-refractivity contribution is 6.30. The lowest BCUT2D eigenvalue weighted by Gasteiger charge is -2.52. The molecule has 0 aromatic heterocycles. The molecule has 0 bridgehead atoms. The lowest BCUT2D eigenvalue weighted by Crippen LogP contribution is -2.57. The van der Waals surface area contributed by atoms with Crippen molar-refractivity contribution in [2.45, 2.75) is 50.6 Å². The molecule has 0 aliphatic carbocycles. The fraction of sp³-hybridized carbons (Fsp3) is 0.440. The Kier molecular flexibility index (Phi) is 6.80. The number of hydrogen-bond donors (Lipinski definition) is 1. The van der Waals surface area contributed by atoms with E-state index in [2.05, 4.69) is 0 Å². The van der Waals surface area contributed by atoms with Gasteiger partial charge in [0.05, 0.1) is 30.5 Å². The molecule has 1 N–H and O–H groups in total. The van der Waals surface area contributed by atoms with Crippen LogP contribution in [0, 0.1) is 5.41 Å². The number of hydrogen-bond acceptors (Lipinski definition) is 3. The first-order valence-corrected chi connectivity index (χ1v) is 11.7. The first kappa shape index (κ1) is 23.1. The molecule has 2 aromatic rings. The molecule has 0 saturated carbocycles. The predicted molar refractivity (Wildman–Crippen MR) is 124 cm³/mol. The number of carboxylic acid groups (broad SMARTS) is 1. The fourth-order valence-electron chi connectivity index (χ4n) is 5.22. The van der Waals surface area contributed by atoms with Crippen LogP contribution >= 0.6 is 23.2 Å². The summed E-state index contributed by atoms with van der Waals surface area (Å²) in [4.78, 5) is 27.6. The molecule has 4 rings (SSSR count). The Morgan fingerprint density at radius 3 is 2.53 bits per heavy atom. The fourth-order valence-corrected chi connectivity index (χ4v) is 5.55. The van der Waals surface area contributed by atoms with Crippen LogP contribution < -0.4 is 0 Å². The maximum atomic E-state index is 13.9. The Hall–Kier alpha value is -2.08. The second kappa shape index (κ2) is 9.42. The van der Waals surface area contributed by atoms with Crippen molar-refractivity contribution in [2.24, 2.45) is 5.41 Å². The smallest absolute Gasteiger partial charge is 0.304 e. The highest BCUT2D eigenvalue weighted by Crippen LogP contribution is 2.52. The summed E-state index contributed by atoms with van der Waals surface area (Å²) in [6.07, 6.45) is 1.87. The summed E-state index contributed by atoms with van der Waals surface area (Å²) >= 11 is 12.5. The number of carboxylic acids is 1. The maximum Gasteiger partial charge on any atom is 0.304 e. The minimum absolute atomic E-state index is 0.118. The molecular formula is C25H27Cl2NO4. The third-order valence-corrected chi connectivity index (χ3v) is 7.15. The zero-order valence-corrected chi connectivity index (χ0v) is 19.5. The molecule has 2 heterocycles. The molecule has 4 atom stereocenters. The van der Waals surface area contributed by atoms with Gasteiger partial charge in [0.1, 0.15) is 0 Å². The number of nitrogens with zero attached hydrogens (tertiary/aromatic N) is 1. The van der Waals surface area contributed by atoms with Crippen LogP contribution in [0.2, 0.25) is 10.0 Å². The van der Waals surface area contributed by atoms with E-state index in [0.29, 0.717) is 29.7 Å². The van der Waals surface area contributed by atoms with Gasteiger partial charge in [-0.3, -0.25) is 9.59 Å². The average molecular weight is 476 g/mol. The molecule has 0 unspecified atom stereocenters. The summed E-state index contributed by atoms with van der Waals surface area (Å²) < 4.78 is 5.74. The predicted octanol–water partition coefficient (Wildman–Crippen LogP) is 5.71. The summed E-state index contributed by atoms with van der Waals surface area (Å²) in [7, 11) is 0. The number of rotatable bonds is 5. The standard InChI is InChI=1S/C25H27Cl2NO4/c1-25(14-22(29)30)13-21(17-4-2-5-19(27)12-17)23(16-7-9-18(26)10-8-16)28(24(25)31)20-6-3-11-32-15-20/h2,4-5,7-10,12,20-21,23H,3,6,11,13-15H2,1H3,(H,29,30)/t20-,21-,23-,25+/m1/s1. The van der Waals surface area contributed by atoms with Crippen molar-refractivity contribution in [3.8, 4) is 0 Å². The van der Waals surface area contributed by atoms with Gasteiger partial charge in [-0.2, -0.15) is 0 Å². The Labute approximate surface area is 198 Å². The van der Waals surface area contributed by atoms with Crippen LogP contribution in [0.4, 0.5) is 0 Å². The van der Waals surface area contributed by atoms with Crippen molar-refractivity contribution < 1.29 is 19.4 Å². The number of likely N-dealkylation sites (tertiary alicyclic amines) is 1. The van der Waals surface area contributed by atoms with Gasteiger partial charge in [0.25, 0.3) is 0 Å². The van der Waals surface area contributed by atoms with E-state index in [1.54, 1.807) is 6.92 Å². The van der Waals surface area contributed by atoms with Crippen LogP contribution in [0.1, 0.15) is 55.7 Å². The van der Waals surface area contributed by atoms with E-state index in [1.165, 1.54) is 0 Å². The van der Waals surface area contributed by atoms with Crippen LogP contribution in [-0.2, 0) is 14.3 Å². The number of benzene rings is 2. The van der Waals surface area contributed by atoms with Crippen molar-refractivity contribution in [3.05, 3.63) is 69.7 Å². The summed E-state index contributed by atoms with van der Waals surface area (Å²) in [5.41, 5.74) is 0.929. The van der Waals surface area contributed by atoms with E-state index in [0.717, 1.165) is 24.0 Å². The van der Waals surface area contributed by atoms with Gasteiger partial charge in [-0.1, -0.05) is 54.4 Å². The molecular weight excluding hydrogens is 449 g/mol. The molecule has 1 amide bonds. The summed E-state index contributed by atoms with van der Waals surface area (Å²) in [6, 6.07) is 14.8. The number of halogens is 2. The van der Waals surface area contributed by atoms with Crippen LogP contribution in [0.15, 0.2) is 48.5 Å². The largest absolute Gasteiger partial charge is 0.481 e. The molecule has 32 heavy (non-hydrogen) atoms. The van der Waals surface area contributed by atoms with Crippen molar-refractivity contribution in [2.75, 3.05) is 13.2 Å². The van der Waals surface area contributed by atoms with E-state index >= 15 is 0 Å². The molecule has 7 heteroatoms. The molecule has 2 aromatic carbocycles. The first-order chi connectivity index (χ1) is 15.3. The molecule has 170 valence electrons. The Bertz CT molecular complexity index is 990. The monoisotopic (exact) mass is 475 g/mol. The van der Waals surface area contributed by atoms with Crippen LogP contribution in [-0.4, -0.2) is 41.1 Å².